The van der Waals surface area contributed by atoms with Crippen LogP contribution in [0.1, 0.15) is 38.3 Å². The molecule has 0 radical (unpaired) electrons. The fraction of sp³-hybridized carbons (Fsp3) is 0.320. The summed E-state index contributed by atoms with van der Waals surface area (Å²) < 4.78 is 11.2. The van der Waals surface area contributed by atoms with E-state index in [1.807, 2.05) is 74.2 Å². The van der Waals surface area contributed by atoms with Gasteiger partial charge in [-0.1, -0.05) is 60.4 Å². The standard InChI is InChI=1S/C25H26N2O4S2/c1-25(2,3)27(15-17-7-5-4-6-8-17)22(28)11-12-26-23(29)21(33-24(26)32)14-18-9-10-19-20(13-18)31-16-30-19/h4-10,13-14H,11-12,15-16H2,1-3H3. The normalized spacial score (nSPS) is 16.6. The molecule has 0 unspecified atom stereocenters. The second-order valence-corrected chi connectivity index (χ2v) is 10.5. The number of hydrogen-bond donors (Lipinski definition) is 0. The largest absolute Gasteiger partial charge is 0.454 e. The van der Waals surface area contributed by atoms with Gasteiger partial charge in [0.05, 0.1) is 4.91 Å². The van der Waals surface area contributed by atoms with Gasteiger partial charge < -0.3 is 14.4 Å². The minimum Gasteiger partial charge on any atom is -0.454 e. The summed E-state index contributed by atoms with van der Waals surface area (Å²) in [6.45, 7) is 7.02. The maximum atomic E-state index is 13.1. The Morgan fingerprint density at radius 2 is 1.88 bits per heavy atom. The van der Waals surface area contributed by atoms with Gasteiger partial charge in [-0.25, -0.2) is 0 Å². The van der Waals surface area contributed by atoms with Crippen molar-refractivity contribution in [2.75, 3.05) is 13.3 Å². The van der Waals surface area contributed by atoms with Crippen LogP contribution >= 0.6 is 24.0 Å². The molecule has 0 bridgehead atoms. The lowest BCUT2D eigenvalue weighted by Gasteiger charge is -2.36. The van der Waals surface area contributed by atoms with Gasteiger partial charge in [-0.3, -0.25) is 14.5 Å². The second-order valence-electron chi connectivity index (χ2n) is 8.83. The third kappa shape index (κ3) is 5.39. The first-order valence-electron chi connectivity index (χ1n) is 10.7. The first kappa shape index (κ1) is 23.3. The van der Waals surface area contributed by atoms with Gasteiger partial charge in [-0.15, -0.1) is 0 Å². The van der Waals surface area contributed by atoms with E-state index in [1.165, 1.54) is 16.7 Å². The summed E-state index contributed by atoms with van der Waals surface area (Å²) in [6.07, 6.45) is 1.99. The highest BCUT2D eigenvalue weighted by molar-refractivity contribution is 8.26. The Kier molecular flexibility index (Phi) is 6.76. The lowest BCUT2D eigenvalue weighted by Crippen LogP contribution is -2.46. The van der Waals surface area contributed by atoms with Gasteiger partial charge in [0.25, 0.3) is 5.91 Å². The molecule has 33 heavy (non-hydrogen) atoms. The summed E-state index contributed by atoms with van der Waals surface area (Å²) in [5, 5.41) is 0. The molecule has 0 spiro atoms. The predicted octanol–water partition coefficient (Wildman–Crippen LogP) is 4.83. The molecule has 1 fully saturated rings. The van der Waals surface area contributed by atoms with E-state index in [0.717, 1.165) is 11.1 Å². The molecule has 0 aromatic heterocycles. The molecule has 0 N–H and O–H groups in total. The molecule has 4 rings (SSSR count). The molecular weight excluding hydrogens is 456 g/mol. The van der Waals surface area contributed by atoms with Gasteiger partial charge in [-0.05, 0) is 50.1 Å². The minimum absolute atomic E-state index is 0.0137. The molecular formula is C25H26N2O4S2. The van der Waals surface area contributed by atoms with Crippen molar-refractivity contribution in [3.63, 3.8) is 0 Å². The monoisotopic (exact) mass is 482 g/mol. The van der Waals surface area contributed by atoms with Crippen LogP contribution in [-0.4, -0.2) is 44.8 Å². The summed E-state index contributed by atoms with van der Waals surface area (Å²) in [5.74, 6) is 1.16. The van der Waals surface area contributed by atoms with E-state index in [0.29, 0.717) is 27.3 Å². The van der Waals surface area contributed by atoms with Gasteiger partial charge in [0.15, 0.2) is 11.5 Å². The van der Waals surface area contributed by atoms with E-state index in [-0.39, 0.29) is 37.1 Å². The quantitative estimate of drug-likeness (QED) is 0.434. The topological polar surface area (TPSA) is 59.1 Å². The lowest BCUT2D eigenvalue weighted by molar-refractivity contribution is -0.137. The average molecular weight is 483 g/mol. The molecule has 0 aliphatic carbocycles. The highest BCUT2D eigenvalue weighted by atomic mass is 32.2. The molecule has 0 saturated carbocycles. The van der Waals surface area contributed by atoms with Crippen molar-refractivity contribution in [3.05, 3.63) is 64.6 Å². The molecule has 8 heteroatoms. The zero-order chi connectivity index (χ0) is 23.6. The molecule has 0 atom stereocenters. The Hall–Kier alpha value is -2.84. The fourth-order valence-corrected chi connectivity index (χ4v) is 4.96. The minimum atomic E-state index is -0.346. The number of fused-ring (bicyclic) bond motifs is 1. The van der Waals surface area contributed by atoms with Gasteiger partial charge >= 0.3 is 0 Å². The number of benzene rings is 2. The molecule has 2 aromatic rings. The summed E-state index contributed by atoms with van der Waals surface area (Å²) in [7, 11) is 0. The molecule has 1 saturated heterocycles. The van der Waals surface area contributed by atoms with E-state index >= 15 is 0 Å². The zero-order valence-electron chi connectivity index (χ0n) is 18.9. The number of thiocarbonyl (C=S) groups is 1. The number of carbonyl (C=O) groups is 2. The molecule has 2 aliphatic heterocycles. The van der Waals surface area contributed by atoms with E-state index in [1.54, 1.807) is 6.08 Å². The van der Waals surface area contributed by atoms with E-state index in [4.69, 9.17) is 21.7 Å². The maximum Gasteiger partial charge on any atom is 0.266 e. The van der Waals surface area contributed by atoms with Crippen molar-refractivity contribution in [2.45, 2.75) is 39.3 Å². The second kappa shape index (κ2) is 9.57. The van der Waals surface area contributed by atoms with Crippen molar-refractivity contribution in [1.29, 1.82) is 0 Å². The number of thioether (sulfide) groups is 1. The van der Waals surface area contributed by atoms with Gasteiger partial charge in [0.2, 0.25) is 12.7 Å². The van der Waals surface area contributed by atoms with Crippen molar-refractivity contribution < 1.29 is 19.1 Å². The Morgan fingerprint density at radius 1 is 1.15 bits per heavy atom. The molecule has 2 amide bonds. The van der Waals surface area contributed by atoms with Crippen LogP contribution in [0.2, 0.25) is 0 Å². The van der Waals surface area contributed by atoms with E-state index in [9.17, 15) is 9.59 Å². The van der Waals surface area contributed by atoms with Crippen LogP contribution < -0.4 is 9.47 Å². The molecule has 2 aromatic carbocycles. The van der Waals surface area contributed by atoms with Crippen LogP contribution in [0.5, 0.6) is 11.5 Å². The third-order valence-corrected chi connectivity index (χ3v) is 6.79. The van der Waals surface area contributed by atoms with E-state index < -0.39 is 0 Å². The molecule has 2 heterocycles. The van der Waals surface area contributed by atoms with Crippen LogP contribution in [-0.2, 0) is 16.1 Å². The number of nitrogens with zero attached hydrogens (tertiary/aromatic N) is 2. The van der Waals surface area contributed by atoms with Gasteiger partial charge in [0.1, 0.15) is 4.32 Å². The van der Waals surface area contributed by atoms with Crippen molar-refractivity contribution in [3.8, 4) is 11.5 Å². The maximum absolute atomic E-state index is 13.1. The lowest BCUT2D eigenvalue weighted by atomic mass is 10.0. The number of rotatable bonds is 6. The number of ether oxygens (including phenoxy) is 2. The Labute approximate surface area is 203 Å². The number of carbonyl (C=O) groups excluding carboxylic acids is 2. The first-order chi connectivity index (χ1) is 15.7. The Morgan fingerprint density at radius 3 is 2.61 bits per heavy atom. The fourth-order valence-electron chi connectivity index (χ4n) is 3.65. The van der Waals surface area contributed by atoms with Crippen molar-refractivity contribution in [2.24, 2.45) is 0 Å². The van der Waals surface area contributed by atoms with Crippen LogP contribution in [0.25, 0.3) is 6.08 Å². The van der Waals surface area contributed by atoms with Crippen molar-refractivity contribution in [1.82, 2.24) is 9.80 Å². The predicted molar refractivity (Wildman–Crippen MR) is 134 cm³/mol. The Bertz CT molecular complexity index is 1110. The number of amides is 2. The van der Waals surface area contributed by atoms with Crippen LogP contribution in [0.4, 0.5) is 0 Å². The zero-order valence-corrected chi connectivity index (χ0v) is 20.5. The smallest absolute Gasteiger partial charge is 0.266 e. The number of hydrogen-bond acceptors (Lipinski definition) is 6. The molecule has 2 aliphatic rings. The average Bonchev–Trinajstić information content (AvgIpc) is 3.34. The van der Waals surface area contributed by atoms with Crippen molar-refractivity contribution >= 4 is 46.2 Å². The summed E-state index contributed by atoms with van der Waals surface area (Å²) in [4.78, 5) is 30.0. The van der Waals surface area contributed by atoms with Crippen LogP contribution in [0, 0.1) is 0 Å². The van der Waals surface area contributed by atoms with Gasteiger partial charge in [0, 0.05) is 25.0 Å². The molecule has 172 valence electrons. The van der Waals surface area contributed by atoms with Gasteiger partial charge in [-0.2, -0.15) is 0 Å². The summed E-state index contributed by atoms with van der Waals surface area (Å²) in [6, 6.07) is 15.4. The van der Waals surface area contributed by atoms with E-state index in [2.05, 4.69) is 0 Å². The van der Waals surface area contributed by atoms with Crippen LogP contribution in [0.3, 0.4) is 0 Å². The summed E-state index contributed by atoms with van der Waals surface area (Å²) >= 11 is 6.69. The third-order valence-electron chi connectivity index (χ3n) is 5.41. The highest BCUT2D eigenvalue weighted by Gasteiger charge is 2.34. The molecule has 6 nitrogen and oxygen atoms in total. The SMILES string of the molecule is CC(C)(C)N(Cc1ccccc1)C(=O)CCN1C(=O)C(=Cc2ccc3c(c2)OCO3)SC1=S. The first-order valence-corrected chi connectivity index (χ1v) is 11.9. The highest BCUT2D eigenvalue weighted by Crippen LogP contribution is 2.36. The van der Waals surface area contributed by atoms with Crippen LogP contribution in [0.15, 0.2) is 53.4 Å². The summed E-state index contributed by atoms with van der Waals surface area (Å²) in [5.41, 5.74) is 1.55. The Balaban J connectivity index is 1.42.